The zero-order valence-electron chi connectivity index (χ0n) is 11.4. The fourth-order valence-electron chi connectivity index (χ4n) is 2.37. The van der Waals surface area contributed by atoms with Gasteiger partial charge >= 0.3 is 0 Å². The summed E-state index contributed by atoms with van der Waals surface area (Å²) in [5.74, 6) is -1.85. The van der Waals surface area contributed by atoms with Gasteiger partial charge in [0.15, 0.2) is 0 Å². The van der Waals surface area contributed by atoms with Crippen molar-refractivity contribution < 1.29 is 18.4 Å². The first-order valence-corrected chi connectivity index (χ1v) is 6.69. The number of nitrogens with one attached hydrogen (secondary N) is 1. The average Bonchev–Trinajstić information content (AvgIpc) is 2.77. The van der Waals surface area contributed by atoms with Crippen LogP contribution in [0.1, 0.15) is 6.42 Å². The Morgan fingerprint density at radius 2 is 1.68 bits per heavy atom. The molecule has 0 radical (unpaired) electrons. The topological polar surface area (TPSA) is 49.4 Å². The van der Waals surface area contributed by atoms with Crippen LogP contribution < -0.4 is 10.2 Å². The summed E-state index contributed by atoms with van der Waals surface area (Å²) in [6.45, 7) is 0. The molecule has 6 heteroatoms. The van der Waals surface area contributed by atoms with Crippen molar-refractivity contribution in [3.05, 3.63) is 60.2 Å². The molecule has 2 aromatic carbocycles. The van der Waals surface area contributed by atoms with Crippen LogP contribution >= 0.6 is 0 Å². The van der Waals surface area contributed by atoms with E-state index in [9.17, 15) is 18.4 Å². The Balaban J connectivity index is 1.82. The number of benzene rings is 2. The first-order valence-electron chi connectivity index (χ1n) is 6.69. The van der Waals surface area contributed by atoms with Crippen LogP contribution in [0.5, 0.6) is 0 Å². The molecule has 0 aliphatic carbocycles. The van der Waals surface area contributed by atoms with Crippen molar-refractivity contribution in [2.75, 3.05) is 10.2 Å². The van der Waals surface area contributed by atoms with Crippen molar-refractivity contribution in [2.24, 2.45) is 0 Å². The molecule has 2 amide bonds. The molecule has 0 bridgehead atoms. The van der Waals surface area contributed by atoms with Gasteiger partial charge < -0.3 is 5.32 Å². The molecule has 1 aliphatic rings. The van der Waals surface area contributed by atoms with Crippen LogP contribution in [0.4, 0.5) is 20.2 Å². The first kappa shape index (κ1) is 14.2. The highest BCUT2D eigenvalue weighted by atomic mass is 19.1. The lowest BCUT2D eigenvalue weighted by atomic mass is 10.2. The van der Waals surface area contributed by atoms with Gasteiger partial charge in [0.2, 0.25) is 5.91 Å². The number of imide groups is 1. The molecule has 0 spiro atoms. The molecule has 0 aromatic heterocycles. The molecule has 2 aromatic rings. The highest BCUT2D eigenvalue weighted by Crippen LogP contribution is 2.25. The van der Waals surface area contributed by atoms with Crippen LogP contribution in [0.3, 0.4) is 0 Å². The van der Waals surface area contributed by atoms with Gasteiger partial charge in [-0.25, -0.2) is 13.7 Å². The molecule has 3 rings (SSSR count). The summed E-state index contributed by atoms with van der Waals surface area (Å²) < 4.78 is 26.6. The molecule has 1 heterocycles. The number of hydrogen-bond donors (Lipinski definition) is 1. The van der Waals surface area contributed by atoms with Crippen molar-refractivity contribution in [3.8, 4) is 0 Å². The smallest absolute Gasteiger partial charge is 0.256 e. The summed E-state index contributed by atoms with van der Waals surface area (Å²) in [6, 6.07) is 10.1. The quantitative estimate of drug-likeness (QED) is 0.887. The number of hydrogen-bond acceptors (Lipinski definition) is 3. The largest absolute Gasteiger partial charge is 0.371 e. The molecule has 1 atom stereocenters. The lowest BCUT2D eigenvalue weighted by molar-refractivity contribution is -0.121. The molecule has 0 saturated carbocycles. The maximum absolute atomic E-state index is 13.6. The van der Waals surface area contributed by atoms with E-state index in [0.29, 0.717) is 5.69 Å². The van der Waals surface area contributed by atoms with E-state index in [4.69, 9.17) is 0 Å². The number of anilines is 2. The molecule has 1 aliphatic heterocycles. The Morgan fingerprint density at radius 1 is 1.00 bits per heavy atom. The Kier molecular flexibility index (Phi) is 3.58. The number of rotatable bonds is 3. The Hall–Kier alpha value is -2.76. The molecule has 1 saturated heterocycles. The second-order valence-electron chi connectivity index (χ2n) is 4.92. The standard InChI is InChI=1S/C16H12F2N2O2/c17-10-5-7-11(8-6-10)20-15(21)9-14(16(20)22)19-13-4-2-1-3-12(13)18/h1-8,14,19H,9H2. The summed E-state index contributed by atoms with van der Waals surface area (Å²) in [6.07, 6.45) is -0.0788. The summed E-state index contributed by atoms with van der Waals surface area (Å²) in [7, 11) is 0. The van der Waals surface area contributed by atoms with Gasteiger partial charge in [-0.15, -0.1) is 0 Å². The van der Waals surface area contributed by atoms with E-state index in [2.05, 4.69) is 5.32 Å². The third-order valence-electron chi connectivity index (χ3n) is 3.44. The Labute approximate surface area is 125 Å². The number of carbonyl (C=O) groups is 2. The van der Waals surface area contributed by atoms with Gasteiger partial charge in [0.25, 0.3) is 5.91 Å². The second-order valence-corrected chi connectivity index (χ2v) is 4.92. The number of nitrogens with zero attached hydrogens (tertiary/aromatic N) is 1. The van der Waals surface area contributed by atoms with Crippen molar-refractivity contribution in [2.45, 2.75) is 12.5 Å². The van der Waals surface area contributed by atoms with E-state index >= 15 is 0 Å². The lowest BCUT2D eigenvalue weighted by Crippen LogP contribution is -2.34. The molecule has 4 nitrogen and oxygen atoms in total. The molecule has 1 N–H and O–H groups in total. The maximum atomic E-state index is 13.6. The third-order valence-corrected chi connectivity index (χ3v) is 3.44. The average molecular weight is 302 g/mol. The van der Waals surface area contributed by atoms with Gasteiger partial charge in [0, 0.05) is 0 Å². The summed E-state index contributed by atoms with van der Waals surface area (Å²) >= 11 is 0. The molecule has 1 fully saturated rings. The van der Waals surface area contributed by atoms with E-state index in [0.717, 1.165) is 4.90 Å². The minimum atomic E-state index is -0.838. The predicted molar refractivity (Wildman–Crippen MR) is 77.3 cm³/mol. The van der Waals surface area contributed by atoms with Crippen LogP contribution in [0.25, 0.3) is 0 Å². The molecular formula is C16H12F2N2O2. The van der Waals surface area contributed by atoms with Crippen molar-refractivity contribution in [1.29, 1.82) is 0 Å². The Morgan fingerprint density at radius 3 is 2.36 bits per heavy atom. The zero-order valence-corrected chi connectivity index (χ0v) is 11.4. The molecular weight excluding hydrogens is 290 g/mol. The van der Waals surface area contributed by atoms with Gasteiger partial charge in [-0.1, -0.05) is 12.1 Å². The minimum absolute atomic E-state index is 0.0788. The highest BCUT2D eigenvalue weighted by Gasteiger charge is 2.39. The fraction of sp³-hybridized carbons (Fsp3) is 0.125. The van der Waals surface area contributed by atoms with Crippen molar-refractivity contribution in [3.63, 3.8) is 0 Å². The first-order chi connectivity index (χ1) is 10.6. The van der Waals surface area contributed by atoms with Crippen LogP contribution in [0.2, 0.25) is 0 Å². The SMILES string of the molecule is O=C1CC(Nc2ccccc2F)C(=O)N1c1ccc(F)cc1. The summed E-state index contributed by atoms with van der Waals surface area (Å²) in [5.41, 5.74) is 0.462. The third kappa shape index (κ3) is 2.55. The Bertz CT molecular complexity index is 731. The van der Waals surface area contributed by atoms with Crippen LogP contribution in [-0.2, 0) is 9.59 Å². The van der Waals surface area contributed by atoms with E-state index in [1.165, 1.54) is 42.5 Å². The summed E-state index contributed by atoms with van der Waals surface area (Å²) in [4.78, 5) is 25.4. The monoisotopic (exact) mass is 302 g/mol. The number of halogens is 2. The van der Waals surface area contributed by atoms with Gasteiger partial charge in [0.1, 0.15) is 17.7 Å². The molecule has 1 unspecified atom stereocenters. The fourth-order valence-corrected chi connectivity index (χ4v) is 2.37. The number of carbonyl (C=O) groups excluding carboxylic acids is 2. The van der Waals surface area contributed by atoms with Gasteiger partial charge in [-0.05, 0) is 36.4 Å². The van der Waals surface area contributed by atoms with E-state index in [1.807, 2.05) is 0 Å². The molecule has 22 heavy (non-hydrogen) atoms. The summed E-state index contributed by atoms with van der Waals surface area (Å²) in [5, 5.41) is 2.74. The number of amides is 2. The van der Waals surface area contributed by atoms with Crippen LogP contribution in [0, 0.1) is 11.6 Å². The molecule has 112 valence electrons. The number of para-hydroxylation sites is 1. The van der Waals surface area contributed by atoms with E-state index < -0.39 is 29.5 Å². The normalized spacial score (nSPS) is 17.9. The van der Waals surface area contributed by atoms with Crippen LogP contribution in [-0.4, -0.2) is 17.9 Å². The predicted octanol–water partition coefficient (Wildman–Crippen LogP) is 2.71. The van der Waals surface area contributed by atoms with E-state index in [-0.39, 0.29) is 12.1 Å². The van der Waals surface area contributed by atoms with Gasteiger partial charge in [-0.2, -0.15) is 0 Å². The van der Waals surface area contributed by atoms with E-state index in [1.54, 1.807) is 6.07 Å². The van der Waals surface area contributed by atoms with Crippen LogP contribution in [0.15, 0.2) is 48.5 Å². The minimum Gasteiger partial charge on any atom is -0.371 e. The van der Waals surface area contributed by atoms with Crippen molar-refractivity contribution in [1.82, 2.24) is 0 Å². The van der Waals surface area contributed by atoms with Gasteiger partial charge in [0.05, 0.1) is 17.8 Å². The second kappa shape index (κ2) is 5.55. The maximum Gasteiger partial charge on any atom is 0.256 e. The van der Waals surface area contributed by atoms with Crippen molar-refractivity contribution >= 4 is 23.2 Å². The lowest BCUT2D eigenvalue weighted by Gasteiger charge is -2.16. The van der Waals surface area contributed by atoms with Gasteiger partial charge in [-0.3, -0.25) is 9.59 Å². The zero-order chi connectivity index (χ0) is 15.7. The highest BCUT2D eigenvalue weighted by molar-refractivity contribution is 6.23.